The number of ketones is 1. The van der Waals surface area contributed by atoms with Crippen LogP contribution in [0.3, 0.4) is 0 Å². The van der Waals surface area contributed by atoms with E-state index in [0.29, 0.717) is 13.0 Å². The molecule has 0 aliphatic carbocycles. The fraction of sp³-hybridized carbons (Fsp3) is 0.280. The van der Waals surface area contributed by atoms with Crippen LogP contribution in [0.1, 0.15) is 36.6 Å². The largest absolute Gasteiger partial charge is 0.503 e. The molecule has 1 aromatic heterocycles. The van der Waals surface area contributed by atoms with E-state index in [2.05, 4.69) is 11.9 Å². The van der Waals surface area contributed by atoms with Gasteiger partial charge in [0.2, 0.25) is 0 Å². The number of benzene rings is 2. The molecule has 6 nitrogen and oxygen atoms in total. The second-order valence-electron chi connectivity index (χ2n) is 7.79. The van der Waals surface area contributed by atoms with Gasteiger partial charge in [-0.2, -0.15) is 0 Å². The molecular formula is C25H26N2O4. The van der Waals surface area contributed by atoms with Gasteiger partial charge in [-0.15, -0.1) is 0 Å². The fourth-order valence-corrected chi connectivity index (χ4v) is 4.26. The van der Waals surface area contributed by atoms with E-state index in [1.54, 1.807) is 12.0 Å². The highest BCUT2D eigenvalue weighted by molar-refractivity contribution is 6.08. The third-order valence-corrected chi connectivity index (χ3v) is 5.98. The molecule has 1 aliphatic heterocycles. The summed E-state index contributed by atoms with van der Waals surface area (Å²) in [6, 6.07) is 13.1. The second-order valence-corrected chi connectivity index (χ2v) is 7.79. The van der Waals surface area contributed by atoms with E-state index in [0.717, 1.165) is 34.2 Å². The van der Waals surface area contributed by atoms with Crippen molar-refractivity contribution in [1.29, 1.82) is 0 Å². The highest BCUT2D eigenvalue weighted by Crippen LogP contribution is 2.38. The fourth-order valence-electron chi connectivity index (χ4n) is 4.26. The quantitative estimate of drug-likeness (QED) is 0.600. The van der Waals surface area contributed by atoms with Gasteiger partial charge in [0.25, 0.3) is 5.91 Å². The van der Waals surface area contributed by atoms with Crippen molar-refractivity contribution in [3.05, 3.63) is 76.7 Å². The van der Waals surface area contributed by atoms with Gasteiger partial charge < -0.3 is 19.7 Å². The first-order valence-corrected chi connectivity index (χ1v) is 10.4. The lowest BCUT2D eigenvalue weighted by Gasteiger charge is -2.26. The Balaban J connectivity index is 1.65. The van der Waals surface area contributed by atoms with E-state index in [1.165, 1.54) is 12.5 Å². The maximum Gasteiger partial charge on any atom is 0.290 e. The Morgan fingerprint density at radius 3 is 2.58 bits per heavy atom. The lowest BCUT2D eigenvalue weighted by atomic mass is 9.95. The molecule has 1 amide bonds. The number of carbonyl (C=O) groups excluding carboxylic acids is 2. The molecule has 160 valence electrons. The number of aryl methyl sites for hydroxylation is 1. The monoisotopic (exact) mass is 418 g/mol. The Bertz CT molecular complexity index is 1170. The number of aromatic amines is 1. The number of aliphatic hydroxyl groups is 1. The number of hydrogen-bond donors (Lipinski definition) is 2. The van der Waals surface area contributed by atoms with Crippen molar-refractivity contribution in [2.75, 3.05) is 13.7 Å². The molecule has 2 heterocycles. The number of H-pyrrole nitrogens is 1. The molecule has 0 saturated carbocycles. The molecule has 31 heavy (non-hydrogen) atoms. The van der Waals surface area contributed by atoms with Crippen LogP contribution in [0.15, 0.2) is 60.0 Å². The second kappa shape index (κ2) is 8.30. The molecule has 0 spiro atoms. The molecule has 0 radical (unpaired) electrons. The molecule has 1 aliphatic rings. The zero-order valence-electron chi connectivity index (χ0n) is 17.9. The lowest BCUT2D eigenvalue weighted by Crippen LogP contribution is -2.32. The van der Waals surface area contributed by atoms with Crippen LogP contribution in [0.2, 0.25) is 0 Å². The number of hydrogen-bond acceptors (Lipinski definition) is 4. The molecule has 3 aromatic rings. The first kappa shape index (κ1) is 20.7. The van der Waals surface area contributed by atoms with Gasteiger partial charge >= 0.3 is 0 Å². The molecule has 1 unspecified atom stereocenters. The molecule has 1 atom stereocenters. The van der Waals surface area contributed by atoms with Gasteiger partial charge in [-0.25, -0.2) is 0 Å². The summed E-state index contributed by atoms with van der Waals surface area (Å²) in [7, 11) is 1.63. The number of aliphatic hydroxyl groups excluding tert-OH is 1. The van der Waals surface area contributed by atoms with Crippen LogP contribution in [-0.2, 0) is 22.4 Å². The van der Waals surface area contributed by atoms with E-state index in [1.807, 2.05) is 48.7 Å². The molecule has 4 rings (SSSR count). The van der Waals surface area contributed by atoms with Crippen LogP contribution in [-0.4, -0.2) is 40.3 Å². The summed E-state index contributed by atoms with van der Waals surface area (Å²) in [4.78, 5) is 30.0. The highest BCUT2D eigenvalue weighted by Gasteiger charge is 2.42. The number of nitrogens with zero attached hydrogens (tertiary/aromatic N) is 1. The van der Waals surface area contributed by atoms with Gasteiger partial charge in [0, 0.05) is 23.6 Å². The Hall–Kier alpha value is -3.54. The maximum absolute atomic E-state index is 12.9. The third kappa shape index (κ3) is 3.69. The Morgan fingerprint density at radius 1 is 1.19 bits per heavy atom. The number of methoxy groups -OCH3 is 1. The number of aromatic nitrogens is 1. The van der Waals surface area contributed by atoms with Crippen LogP contribution >= 0.6 is 0 Å². The first-order valence-electron chi connectivity index (χ1n) is 10.4. The molecule has 0 fully saturated rings. The van der Waals surface area contributed by atoms with Gasteiger partial charge in [0.05, 0.1) is 18.7 Å². The maximum atomic E-state index is 12.9. The van der Waals surface area contributed by atoms with Crippen molar-refractivity contribution in [3.63, 3.8) is 0 Å². The summed E-state index contributed by atoms with van der Waals surface area (Å²) in [5.41, 5.74) is 4.18. The summed E-state index contributed by atoms with van der Waals surface area (Å²) in [5, 5.41) is 11.5. The molecular weight excluding hydrogens is 392 g/mol. The predicted molar refractivity (Wildman–Crippen MR) is 119 cm³/mol. The van der Waals surface area contributed by atoms with Gasteiger partial charge in [0.15, 0.2) is 11.5 Å². The zero-order chi connectivity index (χ0) is 22.1. The third-order valence-electron chi connectivity index (χ3n) is 5.98. The smallest absolute Gasteiger partial charge is 0.290 e. The van der Waals surface area contributed by atoms with Crippen molar-refractivity contribution in [3.8, 4) is 5.75 Å². The minimum Gasteiger partial charge on any atom is -0.503 e. The molecule has 2 N–H and O–H groups in total. The van der Waals surface area contributed by atoms with E-state index in [4.69, 9.17) is 4.74 Å². The summed E-state index contributed by atoms with van der Waals surface area (Å²) >= 11 is 0. The van der Waals surface area contributed by atoms with Crippen molar-refractivity contribution >= 4 is 22.6 Å². The van der Waals surface area contributed by atoms with Crippen molar-refractivity contribution in [2.24, 2.45) is 0 Å². The highest BCUT2D eigenvalue weighted by atomic mass is 16.5. The number of amides is 1. The number of Topliss-reactive ketones (excluding diaryl/α,β-unsaturated/α-hetero) is 1. The average molecular weight is 418 g/mol. The number of carbonyl (C=O) groups is 2. The van der Waals surface area contributed by atoms with E-state index in [9.17, 15) is 14.7 Å². The molecule has 0 bridgehead atoms. The van der Waals surface area contributed by atoms with Crippen LogP contribution in [0, 0.1) is 0 Å². The number of nitrogens with one attached hydrogen (secondary N) is 1. The molecule has 6 heteroatoms. The summed E-state index contributed by atoms with van der Waals surface area (Å²) in [5.74, 6) is -0.489. The first-order chi connectivity index (χ1) is 14.9. The van der Waals surface area contributed by atoms with Crippen molar-refractivity contribution in [1.82, 2.24) is 9.88 Å². The van der Waals surface area contributed by atoms with E-state index >= 15 is 0 Å². The summed E-state index contributed by atoms with van der Waals surface area (Å²) in [6.07, 6.45) is 3.40. The SMILES string of the molecule is CCc1ccc(C2C(C(C)=O)=C(O)C(=O)N2CCc2c[nH]c3ccc(OC)cc23)cc1. The average Bonchev–Trinajstić information content (AvgIpc) is 3.30. The van der Waals surface area contributed by atoms with Gasteiger partial charge in [-0.3, -0.25) is 9.59 Å². The van der Waals surface area contributed by atoms with E-state index in [-0.39, 0.29) is 11.4 Å². The minimum atomic E-state index is -0.587. The zero-order valence-corrected chi connectivity index (χ0v) is 17.9. The molecule has 2 aromatic carbocycles. The number of fused-ring (bicyclic) bond motifs is 1. The van der Waals surface area contributed by atoms with Crippen LogP contribution in [0.25, 0.3) is 10.9 Å². The number of ether oxygens (including phenoxy) is 1. The van der Waals surface area contributed by atoms with Crippen molar-refractivity contribution < 1.29 is 19.4 Å². The topological polar surface area (TPSA) is 82.6 Å². The van der Waals surface area contributed by atoms with Gasteiger partial charge in [-0.1, -0.05) is 31.2 Å². The van der Waals surface area contributed by atoms with Crippen LogP contribution < -0.4 is 4.74 Å². The molecule has 0 saturated heterocycles. The van der Waals surface area contributed by atoms with Crippen LogP contribution in [0.5, 0.6) is 5.75 Å². The standard InChI is InChI=1S/C25H26N2O4/c1-4-16-5-7-17(8-6-16)23-22(15(2)28)24(29)25(30)27(23)12-11-18-14-26-21-10-9-19(31-3)13-20(18)21/h5-10,13-14,23,26,29H,4,11-12H2,1-3H3. The Labute approximate surface area is 181 Å². The summed E-state index contributed by atoms with van der Waals surface area (Å²) in [6.45, 7) is 3.83. The number of rotatable bonds is 7. The lowest BCUT2D eigenvalue weighted by molar-refractivity contribution is -0.129. The summed E-state index contributed by atoms with van der Waals surface area (Å²) < 4.78 is 5.33. The normalized spacial score (nSPS) is 16.4. The van der Waals surface area contributed by atoms with Crippen LogP contribution in [0.4, 0.5) is 0 Å². The van der Waals surface area contributed by atoms with Gasteiger partial charge in [0.1, 0.15) is 5.75 Å². The Kier molecular flexibility index (Phi) is 5.55. The minimum absolute atomic E-state index is 0.162. The van der Waals surface area contributed by atoms with Gasteiger partial charge in [-0.05, 0) is 54.7 Å². The predicted octanol–water partition coefficient (Wildman–Crippen LogP) is 4.27. The Morgan fingerprint density at radius 2 is 1.94 bits per heavy atom. The van der Waals surface area contributed by atoms with Crippen molar-refractivity contribution in [2.45, 2.75) is 32.7 Å². The van der Waals surface area contributed by atoms with E-state index < -0.39 is 17.7 Å².